The lowest BCUT2D eigenvalue weighted by Crippen LogP contribution is -2.27. The lowest BCUT2D eigenvalue weighted by Gasteiger charge is -2.09. The number of hydrogen-bond acceptors (Lipinski definition) is 4. The van der Waals surface area contributed by atoms with Crippen LogP contribution in [0.25, 0.3) is 0 Å². The second kappa shape index (κ2) is 4.53. The summed E-state index contributed by atoms with van der Waals surface area (Å²) in [6, 6.07) is 12.6. The molecule has 2 aromatic rings. The Morgan fingerprint density at radius 3 is 2.53 bits per heavy atom. The standard InChI is InChI=1S/C14H10N2O3/c17-13-12(11-7-4-8-19-11)15-16(14(13)18)9-10-5-2-1-3-6-10/h1-8H,9H2. The molecule has 0 spiro atoms. The first-order valence-electron chi connectivity index (χ1n) is 5.78. The van der Waals surface area contributed by atoms with E-state index in [9.17, 15) is 9.59 Å². The SMILES string of the molecule is O=C1C(=O)N(Cc2ccccc2)N=C1c1ccco1. The van der Waals surface area contributed by atoms with Gasteiger partial charge in [-0.3, -0.25) is 9.59 Å². The molecule has 0 saturated carbocycles. The number of ketones is 1. The minimum absolute atomic E-state index is 0.0610. The van der Waals surface area contributed by atoms with Gasteiger partial charge < -0.3 is 4.42 Å². The number of rotatable bonds is 3. The van der Waals surface area contributed by atoms with Crippen LogP contribution in [0.15, 0.2) is 58.2 Å². The van der Waals surface area contributed by atoms with Crippen molar-refractivity contribution in [2.24, 2.45) is 5.10 Å². The molecule has 0 fully saturated rings. The maximum Gasteiger partial charge on any atom is 0.317 e. The molecule has 0 unspecified atom stereocenters. The van der Waals surface area contributed by atoms with Crippen LogP contribution < -0.4 is 0 Å². The first-order valence-corrected chi connectivity index (χ1v) is 5.78. The molecule has 0 saturated heterocycles. The summed E-state index contributed by atoms with van der Waals surface area (Å²) >= 11 is 0. The number of furan rings is 1. The van der Waals surface area contributed by atoms with Crippen molar-refractivity contribution in [1.82, 2.24) is 5.01 Å². The van der Waals surface area contributed by atoms with Crippen LogP contribution in [-0.2, 0) is 16.1 Å². The Morgan fingerprint density at radius 1 is 1.05 bits per heavy atom. The summed E-state index contributed by atoms with van der Waals surface area (Å²) < 4.78 is 5.10. The average Bonchev–Trinajstić information content (AvgIpc) is 3.04. The number of amides is 1. The molecule has 0 radical (unpaired) electrons. The third-order valence-corrected chi connectivity index (χ3v) is 2.79. The fraction of sp³-hybridized carbons (Fsp3) is 0.0714. The van der Waals surface area contributed by atoms with Crippen LogP contribution >= 0.6 is 0 Å². The van der Waals surface area contributed by atoms with Gasteiger partial charge in [0.2, 0.25) is 0 Å². The van der Waals surface area contributed by atoms with Crippen molar-refractivity contribution in [2.75, 3.05) is 0 Å². The molecular weight excluding hydrogens is 244 g/mol. The van der Waals surface area contributed by atoms with Gasteiger partial charge in [-0.15, -0.1) is 0 Å². The van der Waals surface area contributed by atoms with Crippen molar-refractivity contribution < 1.29 is 14.0 Å². The molecule has 1 amide bonds. The van der Waals surface area contributed by atoms with E-state index in [1.165, 1.54) is 6.26 Å². The zero-order valence-corrected chi connectivity index (χ0v) is 9.95. The summed E-state index contributed by atoms with van der Waals surface area (Å²) in [4.78, 5) is 23.7. The van der Waals surface area contributed by atoms with Crippen molar-refractivity contribution in [3.05, 3.63) is 60.1 Å². The highest BCUT2D eigenvalue weighted by Crippen LogP contribution is 2.15. The molecule has 5 heteroatoms. The molecule has 0 bridgehead atoms. The number of nitrogens with zero attached hydrogens (tertiary/aromatic N) is 2. The Labute approximate surface area is 109 Å². The topological polar surface area (TPSA) is 62.9 Å². The van der Waals surface area contributed by atoms with Gasteiger partial charge in [-0.2, -0.15) is 5.10 Å². The predicted octanol–water partition coefficient (Wildman–Crippen LogP) is 1.60. The number of hydrogen-bond donors (Lipinski definition) is 0. The summed E-state index contributed by atoms with van der Waals surface area (Å²) in [5, 5.41) is 5.21. The van der Waals surface area contributed by atoms with Crippen molar-refractivity contribution in [1.29, 1.82) is 0 Å². The van der Waals surface area contributed by atoms with E-state index in [0.717, 1.165) is 10.6 Å². The summed E-state index contributed by atoms with van der Waals surface area (Å²) in [6.45, 7) is 0.273. The van der Waals surface area contributed by atoms with E-state index in [1.807, 2.05) is 30.3 Å². The van der Waals surface area contributed by atoms with E-state index >= 15 is 0 Å². The van der Waals surface area contributed by atoms with Crippen LogP contribution in [-0.4, -0.2) is 22.4 Å². The highest BCUT2D eigenvalue weighted by molar-refractivity contribution is 6.69. The van der Waals surface area contributed by atoms with Crippen LogP contribution in [0.5, 0.6) is 0 Å². The van der Waals surface area contributed by atoms with Crippen molar-refractivity contribution in [3.63, 3.8) is 0 Å². The van der Waals surface area contributed by atoms with Gasteiger partial charge in [0.25, 0.3) is 5.78 Å². The summed E-state index contributed by atoms with van der Waals surface area (Å²) in [7, 11) is 0. The average molecular weight is 254 g/mol. The monoisotopic (exact) mass is 254 g/mol. The Kier molecular flexibility index (Phi) is 2.72. The van der Waals surface area contributed by atoms with Crippen molar-refractivity contribution >= 4 is 17.4 Å². The fourth-order valence-electron chi connectivity index (χ4n) is 1.87. The molecule has 1 aromatic carbocycles. The van der Waals surface area contributed by atoms with Crippen LogP contribution in [0, 0.1) is 0 Å². The van der Waals surface area contributed by atoms with E-state index in [4.69, 9.17) is 4.42 Å². The van der Waals surface area contributed by atoms with Crippen LogP contribution in [0.3, 0.4) is 0 Å². The van der Waals surface area contributed by atoms with Gasteiger partial charge in [0, 0.05) is 0 Å². The van der Waals surface area contributed by atoms with Gasteiger partial charge in [0.05, 0.1) is 12.8 Å². The Hall–Kier alpha value is -2.69. The van der Waals surface area contributed by atoms with E-state index < -0.39 is 11.7 Å². The summed E-state index contributed by atoms with van der Waals surface area (Å²) in [5.41, 5.74) is 0.971. The zero-order valence-electron chi connectivity index (χ0n) is 9.95. The first kappa shape index (κ1) is 11.4. The minimum Gasteiger partial charge on any atom is -0.462 e. The Morgan fingerprint density at radius 2 is 1.84 bits per heavy atom. The normalized spacial score (nSPS) is 14.9. The van der Waals surface area contributed by atoms with Crippen LogP contribution in [0.1, 0.15) is 11.3 Å². The Balaban J connectivity index is 1.87. The van der Waals surface area contributed by atoms with E-state index in [2.05, 4.69) is 5.10 Å². The molecule has 1 aliphatic rings. The molecule has 94 valence electrons. The number of hydrazone groups is 1. The summed E-state index contributed by atoms with van der Waals surface area (Å²) in [6.07, 6.45) is 1.44. The molecule has 0 aliphatic carbocycles. The maximum absolute atomic E-state index is 11.8. The van der Waals surface area contributed by atoms with E-state index in [1.54, 1.807) is 12.1 Å². The zero-order chi connectivity index (χ0) is 13.2. The Bertz CT molecular complexity index is 645. The molecule has 1 aliphatic heterocycles. The quantitative estimate of drug-likeness (QED) is 0.781. The lowest BCUT2D eigenvalue weighted by molar-refractivity contribution is -0.140. The number of carbonyl (C=O) groups is 2. The maximum atomic E-state index is 11.8. The largest absolute Gasteiger partial charge is 0.462 e. The second-order valence-electron chi connectivity index (χ2n) is 4.10. The predicted molar refractivity (Wildman–Crippen MR) is 67.2 cm³/mol. The molecule has 0 atom stereocenters. The molecule has 5 nitrogen and oxygen atoms in total. The summed E-state index contributed by atoms with van der Waals surface area (Å²) in [5.74, 6) is -0.949. The number of benzene rings is 1. The molecule has 2 heterocycles. The highest BCUT2D eigenvalue weighted by atomic mass is 16.3. The van der Waals surface area contributed by atoms with Crippen molar-refractivity contribution in [3.8, 4) is 0 Å². The fourth-order valence-corrected chi connectivity index (χ4v) is 1.87. The smallest absolute Gasteiger partial charge is 0.317 e. The van der Waals surface area contributed by atoms with E-state index in [0.29, 0.717) is 5.76 Å². The number of Topliss-reactive ketones (excluding diaryl/α,β-unsaturated/α-hetero) is 1. The lowest BCUT2D eigenvalue weighted by atomic mass is 10.2. The molecule has 0 N–H and O–H groups in total. The van der Waals surface area contributed by atoms with Crippen molar-refractivity contribution in [2.45, 2.75) is 6.54 Å². The first-order chi connectivity index (χ1) is 9.25. The van der Waals surface area contributed by atoms with Gasteiger partial charge in [0.1, 0.15) is 0 Å². The van der Waals surface area contributed by atoms with E-state index in [-0.39, 0.29) is 12.3 Å². The minimum atomic E-state index is -0.633. The third kappa shape index (κ3) is 2.06. The van der Waals surface area contributed by atoms with Gasteiger partial charge >= 0.3 is 5.91 Å². The van der Waals surface area contributed by atoms with Gasteiger partial charge in [-0.05, 0) is 17.7 Å². The molecular formula is C14H10N2O3. The second-order valence-corrected chi connectivity index (χ2v) is 4.10. The highest BCUT2D eigenvalue weighted by Gasteiger charge is 2.36. The molecule has 19 heavy (non-hydrogen) atoms. The van der Waals surface area contributed by atoms with Gasteiger partial charge in [-0.1, -0.05) is 30.3 Å². The van der Waals surface area contributed by atoms with Crippen LogP contribution in [0.4, 0.5) is 0 Å². The van der Waals surface area contributed by atoms with Gasteiger partial charge in [-0.25, -0.2) is 5.01 Å². The van der Waals surface area contributed by atoms with Crippen LogP contribution in [0.2, 0.25) is 0 Å². The third-order valence-electron chi connectivity index (χ3n) is 2.79. The molecule has 3 rings (SSSR count). The number of carbonyl (C=O) groups excluding carboxylic acids is 2. The van der Waals surface area contributed by atoms with Gasteiger partial charge in [0.15, 0.2) is 11.5 Å². The molecule has 1 aromatic heterocycles.